The van der Waals surface area contributed by atoms with E-state index in [0.29, 0.717) is 27.2 Å². The van der Waals surface area contributed by atoms with Gasteiger partial charge in [0.25, 0.3) is 5.56 Å². The van der Waals surface area contributed by atoms with Gasteiger partial charge in [-0.1, -0.05) is 29.3 Å². The average molecular weight is 436 g/mol. The van der Waals surface area contributed by atoms with Crippen LogP contribution in [0.3, 0.4) is 0 Å². The largest absolute Gasteiger partial charge is 0.373 e. The smallest absolute Gasteiger partial charge is 0.322 e. The van der Waals surface area contributed by atoms with Crippen LogP contribution in [0.1, 0.15) is 17.3 Å². The SMILES string of the molecule is CN(C(=O)Nc1ccc(F)c(Cl)c1)C1COCc2[nH]c(=O)c3cc(Cl)ccc3c21. The minimum Gasteiger partial charge on any atom is -0.373 e. The predicted molar refractivity (Wildman–Crippen MR) is 110 cm³/mol. The summed E-state index contributed by atoms with van der Waals surface area (Å²) in [6.45, 7) is 0.494. The van der Waals surface area contributed by atoms with Gasteiger partial charge in [0.15, 0.2) is 0 Å². The number of carbonyl (C=O) groups is 1. The molecule has 29 heavy (non-hydrogen) atoms. The average Bonchev–Trinajstić information content (AvgIpc) is 2.70. The minimum atomic E-state index is -0.568. The fraction of sp³-hybridized carbons (Fsp3) is 0.200. The molecular weight excluding hydrogens is 420 g/mol. The van der Waals surface area contributed by atoms with Gasteiger partial charge in [0, 0.05) is 34.4 Å². The number of ether oxygens (including phenoxy) is 1. The van der Waals surface area contributed by atoms with Gasteiger partial charge in [0.05, 0.1) is 24.3 Å². The molecule has 9 heteroatoms. The van der Waals surface area contributed by atoms with Gasteiger partial charge >= 0.3 is 6.03 Å². The van der Waals surface area contributed by atoms with E-state index in [-0.39, 0.29) is 23.8 Å². The van der Waals surface area contributed by atoms with E-state index in [4.69, 9.17) is 27.9 Å². The number of halogens is 3. The van der Waals surface area contributed by atoms with Gasteiger partial charge < -0.3 is 19.9 Å². The van der Waals surface area contributed by atoms with Crippen LogP contribution in [0, 0.1) is 5.82 Å². The summed E-state index contributed by atoms with van der Waals surface area (Å²) in [5.41, 5.74) is 1.52. The molecular formula is C20H16Cl2FN3O3. The maximum absolute atomic E-state index is 13.4. The Labute approximate surface area is 175 Å². The van der Waals surface area contributed by atoms with Gasteiger partial charge in [-0.05, 0) is 35.7 Å². The Hall–Kier alpha value is -2.61. The van der Waals surface area contributed by atoms with Crippen LogP contribution in [0.4, 0.5) is 14.9 Å². The standard InChI is InChI=1S/C20H16Cl2FN3O3/c1-26(20(28)24-11-3-5-15(23)14(22)7-11)17-9-29-8-16-18(17)12-4-2-10(21)6-13(12)19(27)25-16/h2-7,17H,8-9H2,1H3,(H,24,28)(H,25,27). The number of carbonyl (C=O) groups excluding carboxylic acids is 1. The molecule has 0 radical (unpaired) electrons. The van der Waals surface area contributed by atoms with Crippen LogP contribution in [-0.2, 0) is 11.3 Å². The van der Waals surface area contributed by atoms with Crippen LogP contribution in [0.15, 0.2) is 41.2 Å². The number of rotatable bonds is 2. The fourth-order valence-electron chi connectivity index (χ4n) is 3.46. The Balaban J connectivity index is 1.70. The maximum atomic E-state index is 13.4. The summed E-state index contributed by atoms with van der Waals surface area (Å²) in [5.74, 6) is -0.568. The highest BCUT2D eigenvalue weighted by molar-refractivity contribution is 6.31. The Morgan fingerprint density at radius 1 is 1.24 bits per heavy atom. The first-order valence-electron chi connectivity index (χ1n) is 8.76. The van der Waals surface area contributed by atoms with E-state index in [9.17, 15) is 14.0 Å². The summed E-state index contributed by atoms with van der Waals surface area (Å²) in [6.07, 6.45) is 0. The van der Waals surface area contributed by atoms with Crippen LogP contribution in [-0.4, -0.2) is 29.6 Å². The molecule has 0 bridgehead atoms. The number of aromatic nitrogens is 1. The van der Waals surface area contributed by atoms with Gasteiger partial charge in [-0.15, -0.1) is 0 Å². The molecule has 1 aliphatic rings. The Morgan fingerprint density at radius 3 is 2.79 bits per heavy atom. The third kappa shape index (κ3) is 3.69. The van der Waals surface area contributed by atoms with Crippen molar-refractivity contribution < 1.29 is 13.9 Å². The molecule has 150 valence electrons. The van der Waals surface area contributed by atoms with Crippen LogP contribution in [0.25, 0.3) is 10.8 Å². The number of anilines is 1. The van der Waals surface area contributed by atoms with Crippen molar-refractivity contribution in [2.24, 2.45) is 0 Å². The lowest BCUT2D eigenvalue weighted by Crippen LogP contribution is -2.39. The Bertz CT molecular complexity index is 1180. The number of hydrogen-bond acceptors (Lipinski definition) is 3. The fourth-order valence-corrected chi connectivity index (χ4v) is 3.81. The van der Waals surface area contributed by atoms with Gasteiger partial charge in [-0.3, -0.25) is 4.79 Å². The van der Waals surface area contributed by atoms with Crippen LogP contribution in [0.5, 0.6) is 0 Å². The van der Waals surface area contributed by atoms with Crippen molar-refractivity contribution in [1.82, 2.24) is 9.88 Å². The molecule has 0 saturated carbocycles. The normalized spacial score (nSPS) is 15.8. The highest BCUT2D eigenvalue weighted by Crippen LogP contribution is 2.34. The number of likely N-dealkylation sites (N-methyl/N-ethyl adjacent to an activating group) is 1. The predicted octanol–water partition coefficient (Wildman–Crippen LogP) is 4.71. The lowest BCUT2D eigenvalue weighted by atomic mass is 9.96. The number of benzene rings is 2. The Kier molecular flexibility index (Phi) is 5.21. The second kappa shape index (κ2) is 7.67. The number of aromatic amines is 1. The molecule has 1 unspecified atom stereocenters. The number of nitrogens with one attached hydrogen (secondary N) is 2. The first-order chi connectivity index (χ1) is 13.8. The molecule has 1 atom stereocenters. The zero-order valence-corrected chi connectivity index (χ0v) is 16.8. The maximum Gasteiger partial charge on any atom is 0.322 e. The summed E-state index contributed by atoms with van der Waals surface area (Å²) in [6, 6.07) is 8.14. The number of fused-ring (bicyclic) bond motifs is 3. The molecule has 0 saturated heterocycles. The number of pyridine rings is 1. The second-order valence-corrected chi connectivity index (χ2v) is 7.58. The van der Waals surface area contributed by atoms with Crippen molar-refractivity contribution in [3.05, 3.63) is 73.9 Å². The molecule has 2 amide bonds. The molecule has 2 heterocycles. The van der Waals surface area contributed by atoms with Gasteiger partial charge in [0.2, 0.25) is 0 Å². The summed E-state index contributed by atoms with van der Waals surface area (Å²) < 4.78 is 19.0. The molecule has 3 aromatic rings. The lowest BCUT2D eigenvalue weighted by Gasteiger charge is -2.33. The third-order valence-electron chi connectivity index (χ3n) is 4.92. The highest BCUT2D eigenvalue weighted by atomic mass is 35.5. The molecule has 0 aliphatic carbocycles. The summed E-state index contributed by atoms with van der Waals surface area (Å²) in [7, 11) is 1.62. The summed E-state index contributed by atoms with van der Waals surface area (Å²) >= 11 is 11.8. The van der Waals surface area contributed by atoms with E-state index in [1.165, 1.54) is 23.1 Å². The van der Waals surface area contributed by atoms with Crippen molar-refractivity contribution in [3.63, 3.8) is 0 Å². The number of hydrogen-bond donors (Lipinski definition) is 2. The quantitative estimate of drug-likeness (QED) is 0.611. The first kappa shape index (κ1) is 19.7. The van der Waals surface area contributed by atoms with Crippen molar-refractivity contribution in [2.75, 3.05) is 19.0 Å². The first-order valence-corrected chi connectivity index (χ1v) is 9.51. The molecule has 4 rings (SSSR count). The number of H-pyrrole nitrogens is 1. The van der Waals surface area contributed by atoms with E-state index in [0.717, 1.165) is 5.56 Å². The molecule has 2 aromatic carbocycles. The van der Waals surface area contributed by atoms with Crippen molar-refractivity contribution in [1.29, 1.82) is 0 Å². The van der Waals surface area contributed by atoms with Crippen molar-refractivity contribution in [2.45, 2.75) is 12.6 Å². The number of urea groups is 1. The molecule has 1 aliphatic heterocycles. The lowest BCUT2D eigenvalue weighted by molar-refractivity contribution is 0.0527. The van der Waals surface area contributed by atoms with Crippen molar-refractivity contribution in [3.8, 4) is 0 Å². The van der Waals surface area contributed by atoms with E-state index in [1.54, 1.807) is 25.2 Å². The molecule has 2 N–H and O–H groups in total. The second-order valence-electron chi connectivity index (χ2n) is 6.74. The summed E-state index contributed by atoms with van der Waals surface area (Å²) in [5, 5.41) is 4.22. The molecule has 0 spiro atoms. The molecule has 6 nitrogen and oxygen atoms in total. The zero-order valence-electron chi connectivity index (χ0n) is 15.3. The third-order valence-corrected chi connectivity index (χ3v) is 5.44. The van der Waals surface area contributed by atoms with E-state index < -0.39 is 17.9 Å². The van der Waals surface area contributed by atoms with E-state index in [1.807, 2.05) is 0 Å². The number of nitrogens with zero attached hydrogens (tertiary/aromatic N) is 1. The molecule has 0 fully saturated rings. The topological polar surface area (TPSA) is 74.4 Å². The van der Waals surface area contributed by atoms with Crippen LogP contribution < -0.4 is 10.9 Å². The van der Waals surface area contributed by atoms with Crippen molar-refractivity contribution >= 4 is 45.7 Å². The Morgan fingerprint density at radius 2 is 2.03 bits per heavy atom. The van der Waals surface area contributed by atoms with E-state index in [2.05, 4.69) is 10.3 Å². The van der Waals surface area contributed by atoms with Gasteiger partial charge in [-0.25, -0.2) is 9.18 Å². The highest BCUT2D eigenvalue weighted by Gasteiger charge is 2.30. The number of amides is 2. The monoisotopic (exact) mass is 435 g/mol. The molecule has 1 aromatic heterocycles. The van der Waals surface area contributed by atoms with Gasteiger partial charge in [-0.2, -0.15) is 0 Å². The van der Waals surface area contributed by atoms with E-state index >= 15 is 0 Å². The van der Waals surface area contributed by atoms with Crippen LogP contribution >= 0.6 is 23.2 Å². The minimum absolute atomic E-state index is 0.0859. The zero-order chi connectivity index (χ0) is 20.7. The summed E-state index contributed by atoms with van der Waals surface area (Å²) in [4.78, 5) is 29.5. The van der Waals surface area contributed by atoms with Gasteiger partial charge in [0.1, 0.15) is 5.82 Å². The van der Waals surface area contributed by atoms with Crippen LogP contribution in [0.2, 0.25) is 10.0 Å².